The van der Waals surface area contributed by atoms with Gasteiger partial charge in [-0.15, -0.1) is 11.6 Å². The highest BCUT2D eigenvalue weighted by Crippen LogP contribution is 2.29. The van der Waals surface area contributed by atoms with Gasteiger partial charge in [0.1, 0.15) is 11.6 Å². The molecule has 1 fully saturated rings. The number of halogens is 1. The molecule has 0 saturated heterocycles. The molecule has 2 aromatic rings. The van der Waals surface area contributed by atoms with Gasteiger partial charge < -0.3 is 10.1 Å². The van der Waals surface area contributed by atoms with Gasteiger partial charge in [0.2, 0.25) is 0 Å². The summed E-state index contributed by atoms with van der Waals surface area (Å²) in [7, 11) is 1.69. The predicted molar refractivity (Wildman–Crippen MR) is 88.4 cm³/mol. The first-order valence-corrected chi connectivity index (χ1v) is 8.00. The van der Waals surface area contributed by atoms with Gasteiger partial charge in [0.15, 0.2) is 0 Å². The van der Waals surface area contributed by atoms with E-state index in [4.69, 9.17) is 16.3 Å². The average Bonchev–Trinajstić information content (AvgIpc) is 2.54. The molecule has 3 nitrogen and oxygen atoms in total. The monoisotopic (exact) mass is 304 g/mol. The van der Waals surface area contributed by atoms with Gasteiger partial charge >= 0.3 is 0 Å². The van der Waals surface area contributed by atoms with Gasteiger partial charge in [-0.25, -0.2) is 4.98 Å². The first-order valence-electron chi connectivity index (χ1n) is 7.57. The summed E-state index contributed by atoms with van der Waals surface area (Å²) in [5, 5.41) is 6.18. The topological polar surface area (TPSA) is 34.1 Å². The van der Waals surface area contributed by atoms with Crippen LogP contribution in [-0.4, -0.2) is 24.0 Å². The summed E-state index contributed by atoms with van der Waals surface area (Å²) in [6.07, 6.45) is 6.52. The van der Waals surface area contributed by atoms with Crippen LogP contribution >= 0.6 is 11.6 Å². The lowest BCUT2D eigenvalue weighted by Gasteiger charge is -2.25. The third kappa shape index (κ3) is 3.41. The smallest absolute Gasteiger partial charge is 0.133 e. The minimum absolute atomic E-state index is 0.376. The third-order valence-corrected chi connectivity index (χ3v) is 4.74. The Labute approximate surface area is 130 Å². The SMILES string of the molecule is COc1ccc2ccnc(NCC3CCC(Cl)CC3)c2c1. The Bertz CT molecular complexity index is 609. The molecule has 4 heteroatoms. The van der Waals surface area contributed by atoms with E-state index in [1.54, 1.807) is 7.11 Å². The lowest BCUT2D eigenvalue weighted by molar-refractivity contribution is 0.378. The fourth-order valence-electron chi connectivity index (χ4n) is 2.98. The number of hydrogen-bond acceptors (Lipinski definition) is 3. The van der Waals surface area contributed by atoms with Crippen LogP contribution in [-0.2, 0) is 0 Å². The molecule has 0 radical (unpaired) electrons. The zero-order valence-corrected chi connectivity index (χ0v) is 13.1. The van der Waals surface area contributed by atoms with Gasteiger partial charge in [0.05, 0.1) is 7.11 Å². The minimum Gasteiger partial charge on any atom is -0.497 e. The maximum Gasteiger partial charge on any atom is 0.133 e. The van der Waals surface area contributed by atoms with Crippen molar-refractivity contribution in [2.24, 2.45) is 5.92 Å². The minimum atomic E-state index is 0.376. The van der Waals surface area contributed by atoms with E-state index in [-0.39, 0.29) is 0 Å². The lowest BCUT2D eigenvalue weighted by atomic mass is 9.89. The molecule has 3 rings (SSSR count). The van der Waals surface area contributed by atoms with Crippen LogP contribution in [0, 0.1) is 5.92 Å². The average molecular weight is 305 g/mol. The molecule has 112 valence electrons. The Morgan fingerprint density at radius 3 is 2.81 bits per heavy atom. The van der Waals surface area contributed by atoms with Crippen LogP contribution in [0.1, 0.15) is 25.7 Å². The van der Waals surface area contributed by atoms with Crippen molar-refractivity contribution in [3.63, 3.8) is 0 Å². The number of methoxy groups -OCH3 is 1. The molecule has 0 atom stereocenters. The normalized spacial score (nSPS) is 22.2. The van der Waals surface area contributed by atoms with Gasteiger partial charge in [-0.2, -0.15) is 0 Å². The van der Waals surface area contributed by atoms with Crippen molar-refractivity contribution in [3.8, 4) is 5.75 Å². The van der Waals surface area contributed by atoms with Gasteiger partial charge in [-0.3, -0.25) is 0 Å². The van der Waals surface area contributed by atoms with Crippen molar-refractivity contribution >= 4 is 28.2 Å². The molecule has 1 N–H and O–H groups in total. The van der Waals surface area contributed by atoms with Crippen LogP contribution < -0.4 is 10.1 Å². The highest BCUT2D eigenvalue weighted by atomic mass is 35.5. The summed E-state index contributed by atoms with van der Waals surface area (Å²) < 4.78 is 5.31. The molecule has 21 heavy (non-hydrogen) atoms. The first kappa shape index (κ1) is 14.5. The summed E-state index contributed by atoms with van der Waals surface area (Å²) in [5.74, 6) is 2.50. The fourth-order valence-corrected chi connectivity index (χ4v) is 3.23. The van der Waals surface area contributed by atoms with E-state index in [9.17, 15) is 0 Å². The van der Waals surface area contributed by atoms with E-state index in [2.05, 4.69) is 16.4 Å². The molecule has 1 aliphatic carbocycles. The number of alkyl halides is 1. The number of nitrogens with one attached hydrogen (secondary N) is 1. The number of nitrogens with zero attached hydrogens (tertiary/aromatic N) is 1. The van der Waals surface area contributed by atoms with Crippen LogP contribution in [0.3, 0.4) is 0 Å². The maximum absolute atomic E-state index is 6.16. The molecule has 0 spiro atoms. The van der Waals surface area contributed by atoms with Gasteiger partial charge in [0.25, 0.3) is 0 Å². The Kier molecular flexibility index (Phi) is 4.49. The molecule has 1 heterocycles. The van der Waals surface area contributed by atoms with E-state index in [0.29, 0.717) is 11.3 Å². The quantitative estimate of drug-likeness (QED) is 0.847. The zero-order chi connectivity index (χ0) is 14.7. The summed E-state index contributed by atoms with van der Waals surface area (Å²) in [4.78, 5) is 4.49. The molecule has 1 aliphatic rings. The zero-order valence-electron chi connectivity index (χ0n) is 12.3. The van der Waals surface area contributed by atoms with Crippen LogP contribution in [0.15, 0.2) is 30.5 Å². The van der Waals surface area contributed by atoms with Crippen molar-refractivity contribution < 1.29 is 4.74 Å². The Morgan fingerprint density at radius 2 is 2.05 bits per heavy atom. The number of ether oxygens (including phenoxy) is 1. The molecule has 0 aliphatic heterocycles. The second-order valence-corrected chi connectivity index (χ2v) is 6.36. The lowest BCUT2D eigenvalue weighted by Crippen LogP contribution is -2.21. The number of fused-ring (bicyclic) bond motifs is 1. The number of benzene rings is 1. The number of anilines is 1. The van der Waals surface area contributed by atoms with Crippen molar-refractivity contribution in [3.05, 3.63) is 30.5 Å². The Hall–Kier alpha value is -1.48. The summed E-state index contributed by atoms with van der Waals surface area (Å²) in [6.45, 7) is 0.965. The standard InChI is InChI=1S/C17H21ClN2O/c1-21-15-7-4-13-8-9-19-17(16(13)10-15)20-11-12-2-5-14(18)6-3-12/h4,7-10,12,14H,2-3,5-6,11H2,1H3,(H,19,20). The number of pyridine rings is 1. The summed E-state index contributed by atoms with van der Waals surface area (Å²) >= 11 is 6.16. The second-order valence-electron chi connectivity index (χ2n) is 5.75. The van der Waals surface area contributed by atoms with E-state index in [0.717, 1.165) is 36.3 Å². The van der Waals surface area contributed by atoms with E-state index < -0.39 is 0 Å². The molecular weight excluding hydrogens is 284 g/mol. The Morgan fingerprint density at radius 1 is 1.24 bits per heavy atom. The Balaban J connectivity index is 1.74. The maximum atomic E-state index is 6.16. The first-order chi connectivity index (χ1) is 10.3. The fraction of sp³-hybridized carbons (Fsp3) is 0.471. The molecule has 0 amide bonds. The van der Waals surface area contributed by atoms with E-state index >= 15 is 0 Å². The van der Waals surface area contributed by atoms with Crippen molar-refractivity contribution in [2.75, 3.05) is 19.0 Å². The van der Waals surface area contributed by atoms with Crippen molar-refractivity contribution in [2.45, 2.75) is 31.1 Å². The largest absolute Gasteiger partial charge is 0.497 e. The molecule has 0 unspecified atom stereocenters. The van der Waals surface area contributed by atoms with Crippen molar-refractivity contribution in [1.82, 2.24) is 4.98 Å². The van der Waals surface area contributed by atoms with Crippen LogP contribution in [0.2, 0.25) is 0 Å². The molecule has 1 saturated carbocycles. The van der Waals surface area contributed by atoms with E-state index in [1.807, 2.05) is 24.4 Å². The highest BCUT2D eigenvalue weighted by Gasteiger charge is 2.19. The molecule has 1 aromatic carbocycles. The number of rotatable bonds is 4. The summed E-state index contributed by atoms with van der Waals surface area (Å²) in [6, 6.07) is 8.12. The highest BCUT2D eigenvalue weighted by molar-refractivity contribution is 6.20. The number of aromatic nitrogens is 1. The predicted octanol–water partition coefficient (Wildman–Crippen LogP) is 4.45. The molecule has 1 aromatic heterocycles. The van der Waals surface area contributed by atoms with Crippen LogP contribution in [0.5, 0.6) is 5.75 Å². The van der Waals surface area contributed by atoms with Crippen LogP contribution in [0.4, 0.5) is 5.82 Å². The van der Waals surface area contributed by atoms with Gasteiger partial charge in [-0.05, 0) is 55.2 Å². The summed E-state index contributed by atoms with van der Waals surface area (Å²) in [5.41, 5.74) is 0. The van der Waals surface area contributed by atoms with Crippen LogP contribution in [0.25, 0.3) is 10.8 Å². The second kappa shape index (κ2) is 6.52. The van der Waals surface area contributed by atoms with E-state index in [1.165, 1.54) is 18.2 Å². The van der Waals surface area contributed by atoms with Gasteiger partial charge in [0, 0.05) is 23.5 Å². The number of hydrogen-bond donors (Lipinski definition) is 1. The molecule has 0 bridgehead atoms. The molecular formula is C17H21ClN2O. The van der Waals surface area contributed by atoms with Gasteiger partial charge in [-0.1, -0.05) is 6.07 Å². The van der Waals surface area contributed by atoms with Crippen molar-refractivity contribution in [1.29, 1.82) is 0 Å². The third-order valence-electron chi connectivity index (χ3n) is 4.31.